The van der Waals surface area contributed by atoms with Gasteiger partial charge in [0.2, 0.25) is 0 Å². The molecule has 0 rings (SSSR count). The van der Waals surface area contributed by atoms with Gasteiger partial charge in [0.25, 0.3) is 0 Å². The maximum atomic E-state index is 6.75. The van der Waals surface area contributed by atoms with Gasteiger partial charge in [-0.2, -0.15) is 0 Å². The van der Waals surface area contributed by atoms with Crippen LogP contribution in [0.25, 0.3) is 79.9 Å². The summed E-state index contributed by atoms with van der Waals surface area (Å²) >= 11 is 0. The second-order valence-corrected chi connectivity index (χ2v) is 0.447. The van der Waals surface area contributed by atoms with E-state index in [9.17, 15) is 0 Å². The van der Waals surface area contributed by atoms with E-state index in [1.54, 1.807) is 0 Å². The SMILES string of the molecule is [Li+].[N-]=[N+]=[N-].[N-]=[N+]=[N-].[N-]=[N+]=[N-].[N-]=[N+]=[N-].[N-]=[N+]=[N-].[Si+4]. The van der Waals surface area contributed by atoms with Gasteiger partial charge in [0.1, 0.15) is 0 Å². The van der Waals surface area contributed by atoms with Gasteiger partial charge in [-0.25, -0.2) is 0 Å². The topological polar surface area (TPSA) is 294 Å². The molecule has 0 fully saturated rings. The molecule has 0 unspecified atom stereocenters. The van der Waals surface area contributed by atoms with Crippen LogP contribution in [-0.2, 0) is 0 Å². The van der Waals surface area contributed by atoms with Gasteiger partial charge < -0.3 is 55.3 Å². The van der Waals surface area contributed by atoms with Crippen LogP contribution in [0.15, 0.2) is 0 Å². The molecular weight excluding hydrogens is 245 g/mol. The van der Waals surface area contributed by atoms with E-state index in [1.807, 2.05) is 0 Å². The van der Waals surface area contributed by atoms with Gasteiger partial charge in [-0.05, 0) is 0 Å². The van der Waals surface area contributed by atoms with Crippen molar-refractivity contribution in [1.29, 1.82) is 0 Å². The Morgan fingerprint density at radius 1 is 0.353 bits per heavy atom. The standard InChI is InChI=1S/Li.5N3.Si/c;5*1-3-2;/q+1;5*-1;+4. The number of rotatable bonds is 0. The third kappa shape index (κ3) is 248. The van der Waals surface area contributed by atoms with Gasteiger partial charge >= 0.3 is 29.8 Å². The van der Waals surface area contributed by atoms with E-state index in [1.165, 1.54) is 24.6 Å². The molecule has 0 aliphatic carbocycles. The smallest absolute Gasteiger partial charge is 0.373 e. The Bertz CT molecular complexity index is 186. The summed E-state index contributed by atoms with van der Waals surface area (Å²) in [5.41, 5.74) is 67.5. The first-order valence-corrected chi connectivity index (χ1v) is 2.00. The molecule has 0 aliphatic rings. The van der Waals surface area contributed by atoms with Gasteiger partial charge in [-0.3, -0.25) is 24.6 Å². The largest absolute Gasteiger partial charge is 4.00 e. The number of hydrogen-bond acceptors (Lipinski definition) is 0. The van der Waals surface area contributed by atoms with Crippen LogP contribution < -0.4 is 18.9 Å². The summed E-state index contributed by atoms with van der Waals surface area (Å²) < 4.78 is 0. The second-order valence-electron chi connectivity index (χ2n) is 0.447. The van der Waals surface area contributed by atoms with Gasteiger partial charge in [0, 0.05) is 0 Å². The summed E-state index contributed by atoms with van der Waals surface area (Å²) in [6, 6.07) is 0. The molecule has 17 heavy (non-hydrogen) atoms. The van der Waals surface area contributed by atoms with Gasteiger partial charge in [0.05, 0.1) is 0 Å². The molecule has 15 nitrogen and oxygen atoms in total. The number of nitrogens with zero attached hydrogens (tertiary/aromatic N) is 15. The molecule has 0 bridgehead atoms. The Labute approximate surface area is 110 Å². The zero-order chi connectivity index (χ0) is 13.5. The number of hydrogen-bond donors (Lipinski definition) is 0. The van der Waals surface area contributed by atoms with E-state index in [4.69, 9.17) is 55.3 Å². The fourth-order valence-electron chi connectivity index (χ4n) is 0. The maximum absolute atomic E-state index is 6.75. The summed E-state index contributed by atoms with van der Waals surface area (Å²) in [7, 11) is 0. The van der Waals surface area contributed by atoms with E-state index in [2.05, 4.69) is 0 Å². The van der Waals surface area contributed by atoms with Crippen LogP contribution in [0.1, 0.15) is 0 Å². The van der Waals surface area contributed by atoms with E-state index >= 15 is 0 Å². The van der Waals surface area contributed by atoms with Crippen molar-refractivity contribution >= 4 is 11.0 Å². The van der Waals surface area contributed by atoms with Crippen molar-refractivity contribution in [3.63, 3.8) is 0 Å². The minimum Gasteiger partial charge on any atom is -0.373 e. The summed E-state index contributed by atoms with van der Waals surface area (Å²) in [5.74, 6) is 0. The molecule has 80 valence electrons. The maximum Gasteiger partial charge on any atom is 4.00 e. The predicted octanol–water partition coefficient (Wildman–Crippen LogP) is 0.954. The molecule has 0 heterocycles. The monoisotopic (exact) mass is 245 g/mol. The molecule has 0 saturated carbocycles. The molecule has 0 spiro atoms. The first kappa shape index (κ1) is 47.3. The van der Waals surface area contributed by atoms with Crippen LogP contribution >= 0.6 is 0 Å². The van der Waals surface area contributed by atoms with Crippen molar-refractivity contribution < 1.29 is 18.9 Å². The fraction of sp³-hybridized carbons (Fsp3) is 0. The van der Waals surface area contributed by atoms with Crippen molar-refractivity contribution in [2.24, 2.45) is 0 Å². The Kier molecular flexibility index (Phi) is 1020. The Morgan fingerprint density at radius 3 is 0.353 bits per heavy atom. The van der Waals surface area contributed by atoms with Crippen molar-refractivity contribution in [2.45, 2.75) is 0 Å². The Balaban J connectivity index is -0.0000000143. The summed E-state index contributed by atoms with van der Waals surface area (Å²) in [4.78, 5) is 7.50. The molecular formula is LiN15Si. The van der Waals surface area contributed by atoms with Crippen molar-refractivity contribution in [3.8, 4) is 0 Å². The van der Waals surface area contributed by atoms with Crippen molar-refractivity contribution in [1.82, 2.24) is 0 Å². The quantitative estimate of drug-likeness (QED) is 0.249. The van der Waals surface area contributed by atoms with Gasteiger partial charge in [-0.1, -0.05) is 0 Å². The molecule has 0 radical (unpaired) electrons. The van der Waals surface area contributed by atoms with Crippen LogP contribution in [-0.4, -0.2) is 11.0 Å². The molecule has 0 amide bonds. The van der Waals surface area contributed by atoms with Crippen LogP contribution in [0.2, 0.25) is 0 Å². The van der Waals surface area contributed by atoms with Crippen LogP contribution in [0.5, 0.6) is 0 Å². The zero-order valence-corrected chi connectivity index (χ0v) is 9.21. The first-order valence-electron chi connectivity index (χ1n) is 2.00. The van der Waals surface area contributed by atoms with Crippen LogP contribution in [0.3, 0.4) is 0 Å². The van der Waals surface area contributed by atoms with E-state index in [0.29, 0.717) is 0 Å². The third-order valence-electron chi connectivity index (χ3n) is 0. The Morgan fingerprint density at radius 2 is 0.353 bits per heavy atom. The minimum atomic E-state index is 0. The van der Waals surface area contributed by atoms with Gasteiger partial charge in [-0.15, -0.1) is 0 Å². The summed E-state index contributed by atoms with van der Waals surface area (Å²) in [6.45, 7) is 0. The zero-order valence-electron chi connectivity index (χ0n) is 8.21. The molecule has 17 heteroatoms. The minimum absolute atomic E-state index is 0. The Hall–Kier alpha value is -2.64. The fourth-order valence-corrected chi connectivity index (χ4v) is 0. The predicted molar refractivity (Wildman–Crippen MR) is 56.1 cm³/mol. The molecule has 0 N–H and O–H groups in total. The van der Waals surface area contributed by atoms with E-state index < -0.39 is 0 Å². The average Bonchev–Trinajstić information content (AvgIpc) is 2.09. The molecule has 0 atom stereocenters. The van der Waals surface area contributed by atoms with E-state index in [-0.39, 0.29) is 29.8 Å². The third-order valence-corrected chi connectivity index (χ3v) is 0. The molecule has 0 aromatic carbocycles. The average molecular weight is 245 g/mol. The second kappa shape index (κ2) is 365. The van der Waals surface area contributed by atoms with Gasteiger partial charge in [0.15, 0.2) is 0 Å². The normalized spacial score (nSPS) is 2.35. The molecule has 0 aromatic heterocycles. The summed E-state index contributed by atoms with van der Waals surface area (Å²) in [5, 5.41) is 0. The van der Waals surface area contributed by atoms with Crippen molar-refractivity contribution in [3.05, 3.63) is 79.9 Å². The van der Waals surface area contributed by atoms with Crippen LogP contribution in [0.4, 0.5) is 0 Å². The molecule has 0 aliphatic heterocycles. The van der Waals surface area contributed by atoms with E-state index in [0.717, 1.165) is 0 Å². The molecule has 0 aromatic rings. The molecule has 0 saturated heterocycles. The first-order chi connectivity index (χ1) is 7.07. The summed E-state index contributed by atoms with van der Waals surface area (Å²) in [6.07, 6.45) is 0. The van der Waals surface area contributed by atoms with Crippen molar-refractivity contribution in [2.75, 3.05) is 0 Å². The van der Waals surface area contributed by atoms with Crippen LogP contribution in [0, 0.1) is 0 Å².